The van der Waals surface area contributed by atoms with Crippen LogP contribution >= 0.6 is 11.6 Å². The van der Waals surface area contributed by atoms with Gasteiger partial charge in [-0.2, -0.15) is 4.98 Å². The van der Waals surface area contributed by atoms with Crippen molar-refractivity contribution < 1.29 is 0 Å². The van der Waals surface area contributed by atoms with Crippen LogP contribution in [0.5, 0.6) is 0 Å². The standard InChI is InChI=1S/C11H18ClN5/c1-3-8-7-17(5-4-16(8)2)10-9(13)6-14-11(12)15-10/h6,8H,3-5,7,13H2,1-2H3. The summed E-state index contributed by atoms with van der Waals surface area (Å²) in [4.78, 5) is 12.7. The molecule has 0 radical (unpaired) electrons. The monoisotopic (exact) mass is 255 g/mol. The van der Waals surface area contributed by atoms with Crippen LogP contribution in [0, 0.1) is 0 Å². The van der Waals surface area contributed by atoms with Crippen LogP contribution in [0.1, 0.15) is 13.3 Å². The largest absolute Gasteiger partial charge is 0.394 e. The van der Waals surface area contributed by atoms with E-state index in [1.165, 1.54) is 0 Å². The maximum atomic E-state index is 5.90. The third kappa shape index (κ3) is 2.61. The van der Waals surface area contributed by atoms with Gasteiger partial charge in [0.15, 0.2) is 5.82 Å². The summed E-state index contributed by atoms with van der Waals surface area (Å²) in [5, 5.41) is 0.251. The molecule has 2 rings (SSSR count). The van der Waals surface area contributed by atoms with Crippen LogP contribution in [0.3, 0.4) is 0 Å². The lowest BCUT2D eigenvalue weighted by Gasteiger charge is -2.39. The fourth-order valence-corrected chi connectivity index (χ4v) is 2.32. The van der Waals surface area contributed by atoms with Crippen LogP contribution in [-0.2, 0) is 0 Å². The van der Waals surface area contributed by atoms with E-state index >= 15 is 0 Å². The summed E-state index contributed by atoms with van der Waals surface area (Å²) in [6, 6.07) is 0.539. The van der Waals surface area contributed by atoms with Gasteiger partial charge in [0.1, 0.15) is 0 Å². The third-order valence-corrected chi connectivity index (χ3v) is 3.50. The van der Waals surface area contributed by atoms with Crippen molar-refractivity contribution >= 4 is 23.1 Å². The number of nitrogens with two attached hydrogens (primary N) is 1. The molecule has 94 valence electrons. The van der Waals surface area contributed by atoms with Gasteiger partial charge >= 0.3 is 0 Å². The highest BCUT2D eigenvalue weighted by Crippen LogP contribution is 2.24. The number of halogens is 1. The van der Waals surface area contributed by atoms with E-state index < -0.39 is 0 Å². The molecule has 0 spiro atoms. The molecule has 0 aliphatic carbocycles. The Morgan fingerprint density at radius 1 is 1.53 bits per heavy atom. The molecule has 2 heterocycles. The molecule has 1 saturated heterocycles. The van der Waals surface area contributed by atoms with Gasteiger partial charge in [0.05, 0.1) is 11.9 Å². The minimum absolute atomic E-state index is 0.251. The van der Waals surface area contributed by atoms with Crippen molar-refractivity contribution in [1.29, 1.82) is 0 Å². The molecule has 0 bridgehead atoms. The van der Waals surface area contributed by atoms with Gasteiger partial charge < -0.3 is 10.6 Å². The zero-order chi connectivity index (χ0) is 12.4. The van der Waals surface area contributed by atoms with Crippen molar-refractivity contribution in [2.45, 2.75) is 19.4 Å². The van der Waals surface area contributed by atoms with E-state index in [-0.39, 0.29) is 5.28 Å². The summed E-state index contributed by atoms with van der Waals surface area (Å²) in [5.41, 5.74) is 6.49. The van der Waals surface area contributed by atoms with Crippen molar-refractivity contribution in [3.8, 4) is 0 Å². The summed E-state index contributed by atoms with van der Waals surface area (Å²) < 4.78 is 0. The number of nitrogen functional groups attached to an aromatic ring is 1. The zero-order valence-electron chi connectivity index (χ0n) is 10.2. The van der Waals surface area contributed by atoms with Crippen LogP contribution in [0.25, 0.3) is 0 Å². The van der Waals surface area contributed by atoms with E-state index in [2.05, 4.69) is 33.7 Å². The maximum absolute atomic E-state index is 5.90. The molecule has 0 aromatic carbocycles. The topological polar surface area (TPSA) is 58.3 Å². The minimum Gasteiger partial charge on any atom is -0.394 e. The van der Waals surface area contributed by atoms with Crippen molar-refractivity contribution in [3.05, 3.63) is 11.5 Å². The van der Waals surface area contributed by atoms with Gasteiger partial charge in [0, 0.05) is 25.7 Å². The smallest absolute Gasteiger partial charge is 0.224 e. The molecule has 1 aromatic heterocycles. The highest BCUT2D eigenvalue weighted by Gasteiger charge is 2.25. The van der Waals surface area contributed by atoms with Gasteiger partial charge in [0.25, 0.3) is 0 Å². The molecule has 2 N–H and O–H groups in total. The molecule has 6 heteroatoms. The highest BCUT2D eigenvalue weighted by molar-refractivity contribution is 6.28. The predicted molar refractivity (Wildman–Crippen MR) is 70.4 cm³/mol. The number of rotatable bonds is 2. The lowest BCUT2D eigenvalue weighted by Crippen LogP contribution is -2.51. The van der Waals surface area contributed by atoms with E-state index in [4.69, 9.17) is 17.3 Å². The number of piperazine rings is 1. The number of aromatic nitrogens is 2. The molecule has 1 atom stereocenters. The van der Waals surface area contributed by atoms with Crippen LogP contribution in [0.15, 0.2) is 6.20 Å². The lowest BCUT2D eigenvalue weighted by atomic mass is 10.1. The van der Waals surface area contributed by atoms with Crippen LogP contribution in [0.2, 0.25) is 5.28 Å². The average molecular weight is 256 g/mol. The summed E-state index contributed by atoms with van der Waals surface area (Å²) in [6.07, 6.45) is 2.69. The van der Waals surface area contributed by atoms with Crippen LogP contribution in [-0.4, -0.2) is 47.6 Å². The molecule has 5 nitrogen and oxygen atoms in total. The summed E-state index contributed by atoms with van der Waals surface area (Å²) in [6.45, 7) is 5.07. The maximum Gasteiger partial charge on any atom is 0.224 e. The first-order valence-electron chi connectivity index (χ1n) is 5.85. The molecular formula is C11H18ClN5. The molecular weight excluding hydrogens is 238 g/mol. The van der Waals surface area contributed by atoms with Gasteiger partial charge in [-0.25, -0.2) is 4.98 Å². The quantitative estimate of drug-likeness (QED) is 0.806. The van der Waals surface area contributed by atoms with E-state index in [0.717, 1.165) is 31.9 Å². The average Bonchev–Trinajstić information content (AvgIpc) is 2.33. The first-order valence-corrected chi connectivity index (χ1v) is 6.22. The minimum atomic E-state index is 0.251. The Hall–Kier alpha value is -1.07. The molecule has 0 amide bonds. The summed E-state index contributed by atoms with van der Waals surface area (Å²) in [7, 11) is 2.15. The predicted octanol–water partition coefficient (Wildman–Crippen LogP) is 1.24. The van der Waals surface area contributed by atoms with Crippen molar-refractivity contribution in [1.82, 2.24) is 14.9 Å². The van der Waals surface area contributed by atoms with E-state index in [0.29, 0.717) is 11.7 Å². The Morgan fingerprint density at radius 3 is 3.00 bits per heavy atom. The molecule has 1 aliphatic rings. The van der Waals surface area contributed by atoms with Gasteiger partial charge in [-0.05, 0) is 25.1 Å². The first-order chi connectivity index (χ1) is 8.11. The molecule has 0 saturated carbocycles. The molecule has 1 aromatic rings. The number of hydrogen-bond acceptors (Lipinski definition) is 5. The third-order valence-electron chi connectivity index (χ3n) is 3.31. The lowest BCUT2D eigenvalue weighted by molar-refractivity contribution is 0.213. The number of hydrogen-bond donors (Lipinski definition) is 1. The van der Waals surface area contributed by atoms with Crippen LogP contribution < -0.4 is 10.6 Å². The molecule has 17 heavy (non-hydrogen) atoms. The van der Waals surface area contributed by atoms with Gasteiger partial charge in [-0.1, -0.05) is 6.92 Å². The second-order valence-corrected chi connectivity index (χ2v) is 4.74. The fourth-order valence-electron chi connectivity index (χ4n) is 2.19. The summed E-state index contributed by atoms with van der Waals surface area (Å²) in [5.74, 6) is 0.761. The second kappa shape index (κ2) is 5.06. The van der Waals surface area contributed by atoms with Crippen molar-refractivity contribution in [3.63, 3.8) is 0 Å². The van der Waals surface area contributed by atoms with Crippen molar-refractivity contribution in [2.75, 3.05) is 37.3 Å². The van der Waals surface area contributed by atoms with Gasteiger partial charge in [-0.15, -0.1) is 0 Å². The van der Waals surface area contributed by atoms with Crippen molar-refractivity contribution in [2.24, 2.45) is 0 Å². The molecule has 1 fully saturated rings. The fraction of sp³-hybridized carbons (Fsp3) is 0.636. The Bertz CT molecular complexity index is 397. The summed E-state index contributed by atoms with van der Waals surface area (Å²) >= 11 is 5.82. The number of nitrogens with zero attached hydrogens (tertiary/aromatic N) is 4. The molecule has 1 unspecified atom stereocenters. The Morgan fingerprint density at radius 2 is 2.29 bits per heavy atom. The molecule has 1 aliphatic heterocycles. The Balaban J connectivity index is 2.20. The second-order valence-electron chi connectivity index (χ2n) is 4.41. The first kappa shape index (κ1) is 12.4. The zero-order valence-corrected chi connectivity index (χ0v) is 11.0. The number of anilines is 2. The van der Waals surface area contributed by atoms with E-state index in [9.17, 15) is 0 Å². The van der Waals surface area contributed by atoms with E-state index in [1.54, 1.807) is 6.20 Å². The number of likely N-dealkylation sites (N-methyl/N-ethyl adjacent to an activating group) is 1. The normalized spacial score (nSPS) is 21.8. The van der Waals surface area contributed by atoms with E-state index in [1.807, 2.05) is 0 Å². The van der Waals surface area contributed by atoms with Gasteiger partial charge in [-0.3, -0.25) is 4.90 Å². The Kier molecular flexibility index (Phi) is 3.69. The SMILES string of the molecule is CCC1CN(c2nc(Cl)ncc2N)CCN1C. The highest BCUT2D eigenvalue weighted by atomic mass is 35.5. The van der Waals surface area contributed by atoms with Gasteiger partial charge in [0.2, 0.25) is 5.28 Å². The van der Waals surface area contributed by atoms with Crippen LogP contribution in [0.4, 0.5) is 11.5 Å². The Labute approximate surface area is 107 Å².